The van der Waals surface area contributed by atoms with Gasteiger partial charge in [-0.2, -0.15) is 0 Å². The van der Waals surface area contributed by atoms with Crippen LogP contribution in [0.2, 0.25) is 0 Å². The summed E-state index contributed by atoms with van der Waals surface area (Å²) < 4.78 is 39.3. The lowest BCUT2D eigenvalue weighted by Crippen LogP contribution is -2.19. The molecular formula is C18H16Br6O6S. The van der Waals surface area contributed by atoms with Crippen molar-refractivity contribution < 1.29 is 28.1 Å². The predicted molar refractivity (Wildman–Crippen MR) is 140 cm³/mol. The average molecular weight is 840 g/mol. The fraction of sp³-hybridized carbons (Fsp3) is 0.333. The van der Waals surface area contributed by atoms with Gasteiger partial charge < -0.3 is 19.7 Å². The fourth-order valence-electron chi connectivity index (χ4n) is 2.24. The van der Waals surface area contributed by atoms with Crippen LogP contribution >= 0.6 is 95.6 Å². The zero-order chi connectivity index (χ0) is 23.3. The molecule has 2 N–H and O–H groups in total. The quantitative estimate of drug-likeness (QED) is 0.293. The summed E-state index contributed by atoms with van der Waals surface area (Å²) in [5.74, 6) is 0.769. The molecule has 2 aromatic carbocycles. The van der Waals surface area contributed by atoms with Crippen molar-refractivity contribution in [2.45, 2.75) is 22.0 Å². The molecular weight excluding hydrogens is 824 g/mol. The van der Waals surface area contributed by atoms with Crippen molar-refractivity contribution in [2.24, 2.45) is 0 Å². The molecule has 0 spiro atoms. The van der Waals surface area contributed by atoms with Crippen molar-refractivity contribution in [1.82, 2.24) is 0 Å². The maximum Gasteiger partial charge on any atom is 0.206 e. The Morgan fingerprint density at radius 3 is 1.26 bits per heavy atom. The lowest BCUT2D eigenvalue weighted by Gasteiger charge is -2.16. The summed E-state index contributed by atoms with van der Waals surface area (Å²) in [6, 6.07) is 5.76. The lowest BCUT2D eigenvalue weighted by atomic mass is 10.3. The van der Waals surface area contributed by atoms with Crippen LogP contribution in [-0.4, -0.2) is 54.7 Å². The molecule has 0 aliphatic rings. The Morgan fingerprint density at radius 2 is 1.00 bits per heavy atom. The van der Waals surface area contributed by atoms with E-state index < -0.39 is 22.0 Å². The third-order valence-corrected chi connectivity index (χ3v) is 9.32. The first kappa shape index (κ1) is 28.0. The largest absolute Gasteiger partial charge is 0.488 e. The first-order valence-corrected chi connectivity index (χ1v) is 15.4. The van der Waals surface area contributed by atoms with Crippen molar-refractivity contribution >= 4 is 105 Å². The molecule has 2 rings (SSSR count). The van der Waals surface area contributed by atoms with E-state index in [0.29, 0.717) is 40.1 Å². The summed E-state index contributed by atoms with van der Waals surface area (Å²) in [5, 5.41) is 20.0. The highest BCUT2D eigenvalue weighted by Gasteiger charge is 2.24. The van der Waals surface area contributed by atoms with Gasteiger partial charge in [-0.3, -0.25) is 0 Å². The Morgan fingerprint density at radius 1 is 0.710 bits per heavy atom. The molecule has 2 unspecified atom stereocenters. The van der Waals surface area contributed by atoms with Crippen molar-refractivity contribution in [3.63, 3.8) is 0 Å². The van der Waals surface area contributed by atoms with E-state index in [9.17, 15) is 18.6 Å². The van der Waals surface area contributed by atoms with E-state index in [1.165, 1.54) is 24.3 Å². The van der Waals surface area contributed by atoms with E-state index in [1.807, 2.05) is 0 Å². The van der Waals surface area contributed by atoms with Crippen LogP contribution in [0.15, 0.2) is 51.9 Å². The Balaban J connectivity index is 2.37. The number of ether oxygens (including phenoxy) is 2. The van der Waals surface area contributed by atoms with Crippen LogP contribution in [0.5, 0.6) is 11.5 Å². The molecule has 0 saturated heterocycles. The highest BCUT2D eigenvalue weighted by atomic mass is 79.9. The van der Waals surface area contributed by atoms with Gasteiger partial charge in [-0.15, -0.1) is 0 Å². The maximum atomic E-state index is 13.2. The van der Waals surface area contributed by atoms with E-state index in [-0.39, 0.29) is 23.0 Å². The van der Waals surface area contributed by atoms with E-state index in [1.54, 1.807) is 0 Å². The zero-order valence-electron chi connectivity index (χ0n) is 15.5. The first-order chi connectivity index (χ1) is 14.5. The molecule has 0 heterocycles. The standard InChI is InChI=1S/C18H16Br6O6S/c19-5-9(25)7-29-17-13(21)1-11(2-14(17)22)31(27,28)12-3-15(23)18(16(24)4-12)30-8-10(26)6-20/h1-4,9-10,25-26H,5-8H2. The number of sulfone groups is 1. The highest BCUT2D eigenvalue weighted by Crippen LogP contribution is 2.40. The van der Waals surface area contributed by atoms with Crippen molar-refractivity contribution in [2.75, 3.05) is 23.9 Å². The summed E-state index contributed by atoms with van der Waals surface area (Å²) in [7, 11) is -3.88. The van der Waals surface area contributed by atoms with Crippen LogP contribution in [-0.2, 0) is 9.84 Å². The summed E-state index contributed by atoms with van der Waals surface area (Å²) in [4.78, 5) is 0.0867. The smallest absolute Gasteiger partial charge is 0.206 e. The van der Waals surface area contributed by atoms with E-state index >= 15 is 0 Å². The summed E-state index contributed by atoms with van der Waals surface area (Å²) in [6.07, 6.45) is -1.40. The third-order valence-electron chi connectivity index (χ3n) is 3.76. The number of hydrogen-bond acceptors (Lipinski definition) is 6. The van der Waals surface area contributed by atoms with Crippen molar-refractivity contribution in [3.05, 3.63) is 42.2 Å². The minimum atomic E-state index is -3.88. The number of aliphatic hydroxyl groups excluding tert-OH is 2. The van der Waals surface area contributed by atoms with E-state index in [4.69, 9.17) is 9.47 Å². The maximum absolute atomic E-state index is 13.2. The van der Waals surface area contributed by atoms with Crippen LogP contribution in [0.4, 0.5) is 0 Å². The van der Waals surface area contributed by atoms with E-state index in [0.717, 1.165) is 0 Å². The van der Waals surface area contributed by atoms with Gasteiger partial charge in [0.05, 0.1) is 39.9 Å². The molecule has 0 aliphatic carbocycles. The number of rotatable bonds is 10. The zero-order valence-corrected chi connectivity index (χ0v) is 25.8. The minimum absolute atomic E-state index is 0.0413. The SMILES string of the molecule is O=S(=O)(c1cc(Br)c(OCC(O)CBr)c(Br)c1)c1cc(Br)c(OCC(O)CBr)c(Br)c1. The molecule has 31 heavy (non-hydrogen) atoms. The monoisotopic (exact) mass is 834 g/mol. The molecule has 0 fully saturated rings. The van der Waals surface area contributed by atoms with Gasteiger partial charge in [0.2, 0.25) is 9.84 Å². The van der Waals surface area contributed by atoms with Gasteiger partial charge in [-0.1, -0.05) is 31.9 Å². The second kappa shape index (κ2) is 12.5. The molecule has 0 aliphatic heterocycles. The molecule has 0 bridgehead atoms. The Hall–Kier alpha value is 0.790. The normalized spacial score (nSPS) is 13.7. The van der Waals surface area contributed by atoms with Gasteiger partial charge in [-0.25, -0.2) is 8.42 Å². The van der Waals surface area contributed by atoms with E-state index in [2.05, 4.69) is 95.6 Å². The molecule has 6 nitrogen and oxygen atoms in total. The van der Waals surface area contributed by atoms with Crippen LogP contribution in [0.25, 0.3) is 0 Å². The summed E-state index contributed by atoms with van der Waals surface area (Å²) >= 11 is 19.7. The molecule has 172 valence electrons. The van der Waals surface area contributed by atoms with Gasteiger partial charge in [0.1, 0.15) is 24.7 Å². The highest BCUT2D eigenvalue weighted by molar-refractivity contribution is 9.11. The topological polar surface area (TPSA) is 93.1 Å². The number of aliphatic hydroxyl groups is 2. The number of halogens is 6. The average Bonchev–Trinajstić information content (AvgIpc) is 2.71. The molecule has 13 heteroatoms. The lowest BCUT2D eigenvalue weighted by molar-refractivity contribution is 0.126. The second-order valence-corrected chi connectivity index (χ2v) is 12.8. The van der Waals surface area contributed by atoms with Gasteiger partial charge in [0, 0.05) is 10.7 Å². The Bertz CT molecular complexity index is 911. The van der Waals surface area contributed by atoms with Crippen LogP contribution < -0.4 is 9.47 Å². The molecule has 0 amide bonds. The molecule has 0 radical (unpaired) electrons. The number of hydrogen-bond donors (Lipinski definition) is 2. The van der Waals surface area contributed by atoms with Gasteiger partial charge in [0.15, 0.2) is 0 Å². The second-order valence-electron chi connectivity index (χ2n) is 6.17. The van der Waals surface area contributed by atoms with Crippen molar-refractivity contribution in [1.29, 1.82) is 0 Å². The molecule has 2 atom stereocenters. The molecule has 0 aromatic heterocycles. The number of alkyl halides is 2. The fourth-order valence-corrected chi connectivity index (χ4v) is 7.42. The Labute approximate surface area is 230 Å². The van der Waals surface area contributed by atoms with Crippen LogP contribution in [0, 0.1) is 0 Å². The van der Waals surface area contributed by atoms with Crippen LogP contribution in [0.1, 0.15) is 0 Å². The summed E-state index contributed by atoms with van der Waals surface area (Å²) in [5.41, 5.74) is 0. The van der Waals surface area contributed by atoms with Gasteiger partial charge >= 0.3 is 0 Å². The van der Waals surface area contributed by atoms with Gasteiger partial charge in [-0.05, 0) is 88.0 Å². The van der Waals surface area contributed by atoms with Gasteiger partial charge in [0.25, 0.3) is 0 Å². The molecule has 2 aromatic rings. The van der Waals surface area contributed by atoms with Crippen LogP contribution in [0.3, 0.4) is 0 Å². The molecule has 0 saturated carbocycles. The van der Waals surface area contributed by atoms with Crippen molar-refractivity contribution in [3.8, 4) is 11.5 Å². The predicted octanol–water partition coefficient (Wildman–Crippen LogP) is 5.84. The first-order valence-electron chi connectivity index (χ1n) is 8.48. The number of benzene rings is 2. The third kappa shape index (κ3) is 7.38. The minimum Gasteiger partial charge on any atom is -0.488 e. The summed E-state index contributed by atoms with van der Waals surface area (Å²) in [6.45, 7) is 0.0827. The Kier molecular flexibility index (Phi) is 11.3.